The summed E-state index contributed by atoms with van der Waals surface area (Å²) in [5.41, 5.74) is 3.95. The number of aromatic nitrogens is 2. The summed E-state index contributed by atoms with van der Waals surface area (Å²) in [6, 6.07) is 15.4. The van der Waals surface area contributed by atoms with Crippen molar-refractivity contribution in [1.29, 1.82) is 0 Å². The zero-order valence-corrected chi connectivity index (χ0v) is 15.9. The molecular weight excluding hydrogens is 412 g/mol. The Labute approximate surface area is 163 Å². The van der Waals surface area contributed by atoms with Crippen LogP contribution < -0.4 is 10.2 Å². The van der Waals surface area contributed by atoms with Crippen LogP contribution in [0.1, 0.15) is 26.4 Å². The molecule has 0 fully saturated rings. The van der Waals surface area contributed by atoms with Crippen LogP contribution in [0.15, 0.2) is 70.4 Å². The molecule has 1 aromatic heterocycles. The third kappa shape index (κ3) is 4.68. The number of halogens is 1. The van der Waals surface area contributed by atoms with Gasteiger partial charge in [0, 0.05) is 17.7 Å². The number of carbonyl (C=O) groups is 2. The van der Waals surface area contributed by atoms with Crippen molar-refractivity contribution in [2.24, 2.45) is 12.1 Å². The SMILES string of the molecule is Cn1nccc1C(=O)Oc1cccc(/C=N\NC(=O)c2ccccc2Br)c1. The average molecular weight is 427 g/mol. The molecule has 1 heterocycles. The number of benzene rings is 2. The van der Waals surface area contributed by atoms with Crippen LogP contribution in [-0.2, 0) is 7.05 Å². The maximum absolute atomic E-state index is 12.1. The predicted octanol–water partition coefficient (Wildman–Crippen LogP) is 3.17. The van der Waals surface area contributed by atoms with Crippen molar-refractivity contribution in [1.82, 2.24) is 15.2 Å². The van der Waals surface area contributed by atoms with Crippen LogP contribution >= 0.6 is 15.9 Å². The van der Waals surface area contributed by atoms with Crippen LogP contribution in [0.4, 0.5) is 0 Å². The first kappa shape index (κ1) is 18.5. The van der Waals surface area contributed by atoms with E-state index in [4.69, 9.17) is 4.74 Å². The number of rotatable bonds is 5. The number of nitrogens with zero attached hydrogens (tertiary/aromatic N) is 3. The Hall–Kier alpha value is -3.26. The number of nitrogens with one attached hydrogen (secondary N) is 1. The molecule has 1 N–H and O–H groups in total. The Kier molecular flexibility index (Phi) is 5.77. The number of amides is 1. The van der Waals surface area contributed by atoms with Gasteiger partial charge in [0.2, 0.25) is 0 Å². The number of hydrazone groups is 1. The normalized spacial score (nSPS) is 10.7. The molecule has 0 aliphatic rings. The lowest BCUT2D eigenvalue weighted by atomic mass is 10.2. The second kappa shape index (κ2) is 8.41. The molecule has 8 heteroatoms. The maximum Gasteiger partial charge on any atom is 0.361 e. The van der Waals surface area contributed by atoms with Gasteiger partial charge in [-0.1, -0.05) is 24.3 Å². The van der Waals surface area contributed by atoms with Crippen LogP contribution in [0, 0.1) is 0 Å². The van der Waals surface area contributed by atoms with Crippen molar-refractivity contribution in [3.8, 4) is 5.75 Å². The van der Waals surface area contributed by atoms with Gasteiger partial charge in [-0.05, 0) is 51.8 Å². The summed E-state index contributed by atoms with van der Waals surface area (Å²) in [5, 5.41) is 7.88. The van der Waals surface area contributed by atoms with E-state index >= 15 is 0 Å². The third-order valence-electron chi connectivity index (χ3n) is 3.60. The van der Waals surface area contributed by atoms with Gasteiger partial charge in [-0.25, -0.2) is 10.2 Å². The van der Waals surface area contributed by atoms with Gasteiger partial charge in [0.1, 0.15) is 11.4 Å². The molecule has 0 unspecified atom stereocenters. The van der Waals surface area contributed by atoms with Gasteiger partial charge in [0.05, 0.1) is 11.8 Å². The molecule has 0 spiro atoms. The summed E-state index contributed by atoms with van der Waals surface area (Å²) in [6.07, 6.45) is 2.99. The molecule has 136 valence electrons. The van der Waals surface area contributed by atoms with E-state index in [0.717, 1.165) is 0 Å². The largest absolute Gasteiger partial charge is 0.422 e. The first-order valence-electron chi connectivity index (χ1n) is 7.93. The maximum atomic E-state index is 12.1. The molecule has 0 atom stereocenters. The number of ether oxygens (including phenoxy) is 1. The van der Waals surface area contributed by atoms with Crippen LogP contribution in [0.3, 0.4) is 0 Å². The van der Waals surface area contributed by atoms with E-state index in [1.165, 1.54) is 17.1 Å². The molecule has 0 aliphatic heterocycles. The summed E-state index contributed by atoms with van der Waals surface area (Å²) >= 11 is 3.32. The summed E-state index contributed by atoms with van der Waals surface area (Å²) in [7, 11) is 1.66. The first-order chi connectivity index (χ1) is 13.0. The number of hydrogen-bond acceptors (Lipinski definition) is 5. The van der Waals surface area contributed by atoms with Crippen LogP contribution in [0.5, 0.6) is 5.75 Å². The fourth-order valence-electron chi connectivity index (χ4n) is 2.26. The Bertz CT molecular complexity index is 1010. The van der Waals surface area contributed by atoms with Gasteiger partial charge in [-0.15, -0.1) is 0 Å². The molecule has 0 radical (unpaired) electrons. The topological polar surface area (TPSA) is 85.6 Å². The van der Waals surface area contributed by atoms with E-state index < -0.39 is 5.97 Å². The Balaban J connectivity index is 1.64. The molecule has 3 aromatic rings. The lowest BCUT2D eigenvalue weighted by molar-refractivity contribution is 0.0723. The number of carbonyl (C=O) groups excluding carboxylic acids is 2. The lowest BCUT2D eigenvalue weighted by Crippen LogP contribution is -2.18. The highest BCUT2D eigenvalue weighted by atomic mass is 79.9. The van der Waals surface area contributed by atoms with E-state index in [0.29, 0.717) is 27.0 Å². The van der Waals surface area contributed by atoms with Crippen molar-refractivity contribution in [2.45, 2.75) is 0 Å². The second-order valence-corrected chi connectivity index (χ2v) is 6.34. The first-order valence-corrected chi connectivity index (χ1v) is 8.72. The van der Waals surface area contributed by atoms with Crippen molar-refractivity contribution in [3.05, 3.63) is 82.1 Å². The molecule has 0 bridgehead atoms. The Morgan fingerprint density at radius 2 is 2.00 bits per heavy atom. The van der Waals surface area contributed by atoms with E-state index in [1.807, 2.05) is 6.07 Å². The molecule has 0 saturated heterocycles. The molecule has 7 nitrogen and oxygen atoms in total. The van der Waals surface area contributed by atoms with Crippen molar-refractivity contribution < 1.29 is 14.3 Å². The van der Waals surface area contributed by atoms with Gasteiger partial charge < -0.3 is 4.74 Å². The minimum Gasteiger partial charge on any atom is -0.422 e. The summed E-state index contributed by atoms with van der Waals surface area (Å²) < 4.78 is 7.46. The fourth-order valence-corrected chi connectivity index (χ4v) is 2.73. The number of esters is 1. The highest BCUT2D eigenvalue weighted by molar-refractivity contribution is 9.10. The summed E-state index contributed by atoms with van der Waals surface area (Å²) in [6.45, 7) is 0. The molecule has 0 aliphatic carbocycles. The fraction of sp³-hybridized carbons (Fsp3) is 0.0526. The van der Waals surface area contributed by atoms with E-state index in [1.54, 1.807) is 55.6 Å². The Morgan fingerprint density at radius 1 is 1.19 bits per heavy atom. The van der Waals surface area contributed by atoms with Gasteiger partial charge in [-0.2, -0.15) is 10.2 Å². The number of aryl methyl sites for hydroxylation is 1. The van der Waals surface area contributed by atoms with Crippen LogP contribution in [0.25, 0.3) is 0 Å². The molecule has 27 heavy (non-hydrogen) atoms. The minimum absolute atomic E-state index is 0.336. The van der Waals surface area contributed by atoms with Crippen LogP contribution in [0.2, 0.25) is 0 Å². The second-order valence-electron chi connectivity index (χ2n) is 5.48. The third-order valence-corrected chi connectivity index (χ3v) is 4.29. The highest BCUT2D eigenvalue weighted by Crippen LogP contribution is 2.16. The van der Waals surface area contributed by atoms with Gasteiger partial charge >= 0.3 is 5.97 Å². The average Bonchev–Trinajstić information content (AvgIpc) is 3.08. The summed E-state index contributed by atoms with van der Waals surface area (Å²) in [4.78, 5) is 24.2. The van der Waals surface area contributed by atoms with Crippen LogP contribution in [-0.4, -0.2) is 27.9 Å². The van der Waals surface area contributed by atoms with Gasteiger partial charge in [0.15, 0.2) is 0 Å². The molecule has 0 saturated carbocycles. The standard InChI is InChI=1S/C19H15BrN4O3/c1-24-17(9-10-22-24)19(26)27-14-6-4-5-13(11-14)12-21-23-18(25)15-7-2-3-8-16(15)20/h2-12H,1H3,(H,23,25)/b21-12-. The molecule has 1 amide bonds. The van der Waals surface area contributed by atoms with E-state index in [2.05, 4.69) is 31.6 Å². The molecular formula is C19H15BrN4O3. The quantitative estimate of drug-likeness (QED) is 0.293. The van der Waals surface area contributed by atoms with Gasteiger partial charge in [0.25, 0.3) is 5.91 Å². The lowest BCUT2D eigenvalue weighted by Gasteiger charge is -2.05. The predicted molar refractivity (Wildman–Crippen MR) is 104 cm³/mol. The van der Waals surface area contributed by atoms with Crippen molar-refractivity contribution >= 4 is 34.0 Å². The van der Waals surface area contributed by atoms with E-state index in [9.17, 15) is 9.59 Å². The van der Waals surface area contributed by atoms with Gasteiger partial charge in [-0.3, -0.25) is 9.48 Å². The summed E-state index contributed by atoms with van der Waals surface area (Å²) in [5.74, 6) is -0.480. The Morgan fingerprint density at radius 3 is 2.74 bits per heavy atom. The highest BCUT2D eigenvalue weighted by Gasteiger charge is 2.12. The van der Waals surface area contributed by atoms with Crippen molar-refractivity contribution in [2.75, 3.05) is 0 Å². The minimum atomic E-state index is -0.508. The zero-order chi connectivity index (χ0) is 19.2. The zero-order valence-electron chi connectivity index (χ0n) is 14.3. The number of hydrogen-bond donors (Lipinski definition) is 1. The van der Waals surface area contributed by atoms with Crippen molar-refractivity contribution in [3.63, 3.8) is 0 Å². The molecule has 3 rings (SSSR count). The smallest absolute Gasteiger partial charge is 0.361 e. The monoisotopic (exact) mass is 426 g/mol. The van der Waals surface area contributed by atoms with E-state index in [-0.39, 0.29) is 5.91 Å². The molecule has 2 aromatic carbocycles.